The molecule has 0 saturated carbocycles. The summed E-state index contributed by atoms with van der Waals surface area (Å²) in [5.41, 5.74) is -0.105. The third kappa shape index (κ3) is 3.84. The molecule has 1 heterocycles. The van der Waals surface area contributed by atoms with Gasteiger partial charge in [-0.05, 0) is 24.3 Å². The molecule has 0 N–H and O–H groups in total. The fourth-order valence-electron chi connectivity index (χ4n) is 2.30. The molecule has 0 atom stereocenters. The molecule has 3 rings (SSSR count). The molecule has 0 saturated heterocycles. The summed E-state index contributed by atoms with van der Waals surface area (Å²) in [6.45, 7) is 0. The van der Waals surface area contributed by atoms with Crippen LogP contribution in [0.2, 0.25) is 0 Å². The lowest BCUT2D eigenvalue weighted by Gasteiger charge is -2.09. The number of benzene rings is 2. The fraction of sp³-hybridized carbons (Fsp3) is 0.111. The minimum Gasteiger partial charge on any atom is -0.260 e. The molecule has 2 nitrogen and oxygen atoms in total. The largest absolute Gasteiger partial charge is 0.416 e. The van der Waals surface area contributed by atoms with Crippen molar-refractivity contribution in [3.63, 3.8) is 0 Å². The van der Waals surface area contributed by atoms with E-state index in [4.69, 9.17) is 0 Å². The van der Waals surface area contributed by atoms with E-state index >= 15 is 0 Å². The summed E-state index contributed by atoms with van der Waals surface area (Å²) in [7, 11) is 0. The van der Waals surface area contributed by atoms with Crippen LogP contribution in [0.3, 0.4) is 0 Å². The van der Waals surface area contributed by atoms with Crippen LogP contribution in [-0.4, -0.2) is 9.97 Å². The molecular weight excluding hydrogens is 358 g/mol. The van der Waals surface area contributed by atoms with Crippen LogP contribution in [0.4, 0.5) is 26.3 Å². The number of alkyl halides is 6. The van der Waals surface area contributed by atoms with Crippen LogP contribution < -0.4 is 0 Å². The predicted molar refractivity (Wildman–Crippen MR) is 82.9 cm³/mol. The molecule has 0 aliphatic heterocycles. The van der Waals surface area contributed by atoms with Gasteiger partial charge in [-0.2, -0.15) is 26.3 Å². The van der Waals surface area contributed by atoms with Gasteiger partial charge in [0.1, 0.15) is 0 Å². The summed E-state index contributed by atoms with van der Waals surface area (Å²) in [4.78, 5) is 8.24. The monoisotopic (exact) mass is 368 g/mol. The molecule has 0 aliphatic rings. The second kappa shape index (κ2) is 6.44. The molecule has 2 aromatic carbocycles. The van der Waals surface area contributed by atoms with Crippen molar-refractivity contribution in [2.75, 3.05) is 0 Å². The highest BCUT2D eigenvalue weighted by Gasteiger charge is 2.30. The Morgan fingerprint density at radius 1 is 0.538 bits per heavy atom. The van der Waals surface area contributed by atoms with E-state index in [2.05, 4.69) is 9.97 Å². The topological polar surface area (TPSA) is 25.8 Å². The molecule has 0 radical (unpaired) electrons. The molecule has 0 fully saturated rings. The van der Waals surface area contributed by atoms with Crippen LogP contribution in [-0.2, 0) is 12.4 Å². The number of hydrogen-bond acceptors (Lipinski definition) is 2. The first-order valence-electron chi connectivity index (χ1n) is 7.32. The summed E-state index contributed by atoms with van der Waals surface area (Å²) in [5.74, 6) is 0. The molecule has 0 amide bonds. The first-order chi connectivity index (χ1) is 12.1. The highest BCUT2D eigenvalue weighted by molar-refractivity contribution is 5.65. The standard InChI is InChI=1S/C18H10F6N2/c19-17(20,21)13-5-1-11(2-6-13)15-9-25-10-16(26-15)12-3-7-14(8-4-12)18(22,23)24/h1-10H. The van der Waals surface area contributed by atoms with E-state index in [0.717, 1.165) is 24.3 Å². The second-order valence-electron chi connectivity index (χ2n) is 5.44. The molecule has 1 aromatic heterocycles. The maximum Gasteiger partial charge on any atom is 0.416 e. The summed E-state index contributed by atoms with van der Waals surface area (Å²) >= 11 is 0. The predicted octanol–water partition coefficient (Wildman–Crippen LogP) is 5.85. The van der Waals surface area contributed by atoms with Gasteiger partial charge in [-0.1, -0.05) is 24.3 Å². The first-order valence-corrected chi connectivity index (χ1v) is 7.32. The Morgan fingerprint density at radius 2 is 0.885 bits per heavy atom. The van der Waals surface area contributed by atoms with Crippen molar-refractivity contribution in [2.24, 2.45) is 0 Å². The SMILES string of the molecule is FC(F)(F)c1ccc(-c2cncc(-c3ccc(C(F)(F)F)cc3)n2)cc1. The van der Waals surface area contributed by atoms with Crippen molar-refractivity contribution in [3.05, 3.63) is 72.1 Å². The number of halogens is 6. The molecule has 0 bridgehead atoms. The summed E-state index contributed by atoms with van der Waals surface area (Å²) in [6.07, 6.45) is -6.13. The average molecular weight is 368 g/mol. The molecular formula is C18H10F6N2. The third-order valence-electron chi connectivity index (χ3n) is 3.65. The Bertz CT molecular complexity index is 824. The zero-order chi connectivity index (χ0) is 18.9. The second-order valence-corrected chi connectivity index (χ2v) is 5.44. The third-order valence-corrected chi connectivity index (χ3v) is 3.65. The minimum atomic E-state index is -4.44. The number of hydrogen-bond donors (Lipinski definition) is 0. The summed E-state index contributed by atoms with van der Waals surface area (Å²) in [5, 5.41) is 0. The van der Waals surface area contributed by atoms with Crippen LogP contribution in [0.5, 0.6) is 0 Å². The molecule has 134 valence electrons. The van der Waals surface area contributed by atoms with E-state index in [1.807, 2.05) is 0 Å². The van der Waals surface area contributed by atoms with Crippen LogP contribution in [0.15, 0.2) is 60.9 Å². The first kappa shape index (κ1) is 17.9. The Morgan fingerprint density at radius 3 is 1.19 bits per heavy atom. The van der Waals surface area contributed by atoms with Gasteiger partial charge in [0.25, 0.3) is 0 Å². The highest BCUT2D eigenvalue weighted by atomic mass is 19.4. The van der Waals surface area contributed by atoms with E-state index in [1.165, 1.54) is 36.7 Å². The van der Waals surface area contributed by atoms with Gasteiger partial charge in [0.2, 0.25) is 0 Å². The summed E-state index contributed by atoms with van der Waals surface area (Å²) in [6, 6.07) is 8.80. The van der Waals surface area contributed by atoms with E-state index in [0.29, 0.717) is 22.5 Å². The number of nitrogens with zero attached hydrogens (tertiary/aromatic N) is 2. The maximum absolute atomic E-state index is 12.6. The maximum atomic E-state index is 12.6. The van der Waals surface area contributed by atoms with E-state index in [9.17, 15) is 26.3 Å². The highest BCUT2D eigenvalue weighted by Crippen LogP contribution is 2.32. The zero-order valence-corrected chi connectivity index (χ0v) is 12.9. The van der Waals surface area contributed by atoms with Crippen molar-refractivity contribution >= 4 is 0 Å². The van der Waals surface area contributed by atoms with Crippen molar-refractivity contribution in [3.8, 4) is 22.5 Å². The Balaban J connectivity index is 1.91. The Kier molecular flexibility index (Phi) is 4.43. The van der Waals surface area contributed by atoms with Crippen molar-refractivity contribution in [1.82, 2.24) is 9.97 Å². The molecule has 0 aliphatic carbocycles. The van der Waals surface area contributed by atoms with Crippen LogP contribution in [0.25, 0.3) is 22.5 Å². The lowest BCUT2D eigenvalue weighted by Crippen LogP contribution is -2.04. The van der Waals surface area contributed by atoms with Gasteiger partial charge >= 0.3 is 12.4 Å². The van der Waals surface area contributed by atoms with Crippen molar-refractivity contribution in [2.45, 2.75) is 12.4 Å². The molecule has 0 spiro atoms. The molecule has 26 heavy (non-hydrogen) atoms. The number of rotatable bonds is 2. The van der Waals surface area contributed by atoms with Gasteiger partial charge in [-0.3, -0.25) is 4.98 Å². The fourth-order valence-corrected chi connectivity index (χ4v) is 2.30. The van der Waals surface area contributed by atoms with E-state index < -0.39 is 23.5 Å². The van der Waals surface area contributed by atoms with Gasteiger partial charge in [0, 0.05) is 11.1 Å². The Labute approximate surface area is 144 Å². The summed E-state index contributed by atoms with van der Waals surface area (Å²) < 4.78 is 75.7. The zero-order valence-electron chi connectivity index (χ0n) is 12.9. The Hall–Kier alpha value is -2.90. The van der Waals surface area contributed by atoms with Gasteiger partial charge in [-0.15, -0.1) is 0 Å². The van der Waals surface area contributed by atoms with Gasteiger partial charge < -0.3 is 0 Å². The van der Waals surface area contributed by atoms with Crippen LogP contribution in [0, 0.1) is 0 Å². The normalized spacial score (nSPS) is 12.2. The van der Waals surface area contributed by atoms with Gasteiger partial charge in [-0.25, -0.2) is 4.98 Å². The van der Waals surface area contributed by atoms with Gasteiger partial charge in [0.15, 0.2) is 0 Å². The lowest BCUT2D eigenvalue weighted by molar-refractivity contribution is -0.138. The minimum absolute atomic E-state index is 0.316. The quantitative estimate of drug-likeness (QED) is 0.531. The molecule has 3 aromatic rings. The average Bonchev–Trinajstić information content (AvgIpc) is 2.61. The molecule has 8 heteroatoms. The van der Waals surface area contributed by atoms with E-state index in [-0.39, 0.29) is 0 Å². The van der Waals surface area contributed by atoms with Crippen molar-refractivity contribution < 1.29 is 26.3 Å². The van der Waals surface area contributed by atoms with Crippen LogP contribution in [0.1, 0.15) is 11.1 Å². The van der Waals surface area contributed by atoms with Crippen LogP contribution >= 0.6 is 0 Å². The number of aromatic nitrogens is 2. The smallest absolute Gasteiger partial charge is 0.260 e. The van der Waals surface area contributed by atoms with E-state index in [1.54, 1.807) is 0 Å². The lowest BCUT2D eigenvalue weighted by atomic mass is 10.1. The molecule has 0 unspecified atom stereocenters. The van der Waals surface area contributed by atoms with Gasteiger partial charge in [0.05, 0.1) is 34.9 Å². The van der Waals surface area contributed by atoms with Crippen molar-refractivity contribution in [1.29, 1.82) is 0 Å².